The number of hydrogen-bond donors (Lipinski definition) is 1. The van der Waals surface area contributed by atoms with Crippen LogP contribution in [0, 0.1) is 13.8 Å². The maximum Gasteiger partial charge on any atom is 0.258 e. The average molecular weight is 386 g/mol. The van der Waals surface area contributed by atoms with E-state index in [1.807, 2.05) is 43.3 Å². The van der Waals surface area contributed by atoms with E-state index in [0.29, 0.717) is 19.4 Å². The predicted octanol–water partition coefficient (Wildman–Crippen LogP) is 5.07. The molecule has 4 heteroatoms. The molecule has 0 bridgehead atoms. The van der Waals surface area contributed by atoms with Crippen LogP contribution in [0.4, 0.5) is 5.69 Å². The molecule has 4 nitrogen and oxygen atoms in total. The second-order valence-electron chi connectivity index (χ2n) is 7.89. The topological polar surface area (TPSA) is 49.4 Å². The number of nitrogens with zero attached hydrogens (tertiary/aromatic N) is 1. The van der Waals surface area contributed by atoms with Gasteiger partial charge in [0.05, 0.1) is 11.7 Å². The lowest BCUT2D eigenvalue weighted by Gasteiger charge is -2.19. The summed E-state index contributed by atoms with van der Waals surface area (Å²) in [6, 6.07) is 18.1. The molecule has 1 aliphatic rings. The van der Waals surface area contributed by atoms with Gasteiger partial charge in [-0.15, -0.1) is 0 Å². The summed E-state index contributed by atoms with van der Waals surface area (Å²) < 4.78 is 0. The molecule has 1 heterocycles. The minimum atomic E-state index is -0.0335. The van der Waals surface area contributed by atoms with Crippen molar-refractivity contribution in [3.8, 4) is 0 Å². The molecule has 0 radical (unpaired) electrons. The van der Waals surface area contributed by atoms with E-state index in [0.717, 1.165) is 27.6 Å². The fourth-order valence-corrected chi connectivity index (χ4v) is 4.22. The summed E-state index contributed by atoms with van der Waals surface area (Å²) in [4.78, 5) is 27.1. The van der Waals surface area contributed by atoms with Crippen molar-refractivity contribution < 1.29 is 9.59 Å². The van der Waals surface area contributed by atoms with E-state index >= 15 is 0 Å². The standard InChI is InChI=1S/C25H26N2O2/c1-16-12-13-17(2)21(15-16)18(3)26-23(28)11-6-14-27-22-10-5-8-19-7-4-9-20(24(19)22)25(27)29/h4-5,7-10,12-13,15,18H,6,11,14H2,1-3H3,(H,26,28)/t18-/m0/s1. The van der Waals surface area contributed by atoms with E-state index in [9.17, 15) is 9.59 Å². The van der Waals surface area contributed by atoms with Gasteiger partial charge in [0.2, 0.25) is 5.91 Å². The van der Waals surface area contributed by atoms with E-state index in [-0.39, 0.29) is 17.9 Å². The highest BCUT2D eigenvalue weighted by Crippen LogP contribution is 2.37. The van der Waals surface area contributed by atoms with E-state index in [1.165, 1.54) is 11.1 Å². The third kappa shape index (κ3) is 3.63. The van der Waals surface area contributed by atoms with Crippen LogP contribution in [0.15, 0.2) is 54.6 Å². The quantitative estimate of drug-likeness (QED) is 0.643. The number of rotatable bonds is 6. The summed E-state index contributed by atoms with van der Waals surface area (Å²) in [5.41, 5.74) is 5.22. The first-order chi connectivity index (χ1) is 14.0. The Balaban J connectivity index is 1.37. The smallest absolute Gasteiger partial charge is 0.258 e. The average Bonchev–Trinajstić information content (AvgIpc) is 2.98. The Bertz CT molecular complexity index is 1100. The normalized spacial score (nSPS) is 13.8. The lowest BCUT2D eigenvalue weighted by atomic mass is 10.00. The van der Waals surface area contributed by atoms with Crippen molar-refractivity contribution in [3.05, 3.63) is 76.9 Å². The molecule has 0 saturated heterocycles. The predicted molar refractivity (Wildman–Crippen MR) is 117 cm³/mol. The summed E-state index contributed by atoms with van der Waals surface area (Å²) in [6.45, 7) is 6.68. The Morgan fingerprint density at radius 3 is 2.62 bits per heavy atom. The third-order valence-electron chi connectivity index (χ3n) is 5.71. The number of benzene rings is 3. The van der Waals surface area contributed by atoms with Crippen LogP contribution < -0.4 is 10.2 Å². The van der Waals surface area contributed by atoms with Crippen molar-refractivity contribution in [1.29, 1.82) is 0 Å². The fraction of sp³-hybridized carbons (Fsp3) is 0.280. The molecular formula is C25H26N2O2. The van der Waals surface area contributed by atoms with E-state index in [1.54, 1.807) is 4.90 Å². The fourth-order valence-electron chi connectivity index (χ4n) is 4.22. The minimum Gasteiger partial charge on any atom is -0.350 e. The molecule has 148 valence electrons. The van der Waals surface area contributed by atoms with Gasteiger partial charge in [-0.1, -0.05) is 48.0 Å². The van der Waals surface area contributed by atoms with Gasteiger partial charge in [-0.3, -0.25) is 9.59 Å². The molecule has 29 heavy (non-hydrogen) atoms. The molecule has 1 atom stereocenters. The van der Waals surface area contributed by atoms with Crippen LogP contribution in [0.3, 0.4) is 0 Å². The molecule has 0 aliphatic carbocycles. The largest absolute Gasteiger partial charge is 0.350 e. The van der Waals surface area contributed by atoms with Crippen LogP contribution in [0.2, 0.25) is 0 Å². The first kappa shape index (κ1) is 19.2. The van der Waals surface area contributed by atoms with Gasteiger partial charge in [0.15, 0.2) is 0 Å². The maximum atomic E-state index is 12.8. The molecular weight excluding hydrogens is 360 g/mol. The highest BCUT2D eigenvalue weighted by atomic mass is 16.2. The van der Waals surface area contributed by atoms with Gasteiger partial charge in [0.1, 0.15) is 0 Å². The van der Waals surface area contributed by atoms with Gasteiger partial charge in [-0.2, -0.15) is 0 Å². The van der Waals surface area contributed by atoms with Gasteiger partial charge in [0.25, 0.3) is 5.91 Å². The number of amides is 2. The van der Waals surface area contributed by atoms with Gasteiger partial charge in [0, 0.05) is 23.9 Å². The molecule has 4 rings (SSSR count). The highest BCUT2D eigenvalue weighted by Gasteiger charge is 2.29. The Morgan fingerprint density at radius 1 is 1.07 bits per heavy atom. The number of carbonyl (C=O) groups excluding carboxylic acids is 2. The lowest BCUT2D eigenvalue weighted by molar-refractivity contribution is -0.121. The molecule has 0 fully saturated rings. The molecule has 3 aromatic carbocycles. The molecule has 0 spiro atoms. The van der Waals surface area contributed by atoms with Crippen LogP contribution in [-0.2, 0) is 4.79 Å². The Labute approximate surface area is 171 Å². The van der Waals surface area contributed by atoms with Gasteiger partial charge < -0.3 is 10.2 Å². The van der Waals surface area contributed by atoms with Crippen LogP contribution in [0.1, 0.15) is 52.9 Å². The van der Waals surface area contributed by atoms with Crippen molar-refractivity contribution in [2.45, 2.75) is 39.7 Å². The second kappa shape index (κ2) is 7.70. The zero-order valence-electron chi connectivity index (χ0n) is 17.2. The number of nitrogens with one attached hydrogen (secondary N) is 1. The molecule has 2 amide bonds. The van der Waals surface area contributed by atoms with Gasteiger partial charge in [-0.05, 0) is 55.8 Å². The second-order valence-corrected chi connectivity index (χ2v) is 7.89. The van der Waals surface area contributed by atoms with Crippen LogP contribution in [0.25, 0.3) is 10.8 Å². The lowest BCUT2D eigenvalue weighted by Crippen LogP contribution is -2.30. The summed E-state index contributed by atoms with van der Waals surface area (Å²) in [5, 5.41) is 5.20. The first-order valence-corrected chi connectivity index (χ1v) is 10.2. The zero-order valence-corrected chi connectivity index (χ0v) is 17.2. The van der Waals surface area contributed by atoms with Gasteiger partial charge in [-0.25, -0.2) is 0 Å². The van der Waals surface area contributed by atoms with Gasteiger partial charge >= 0.3 is 0 Å². The number of carbonyl (C=O) groups is 2. The molecule has 1 aliphatic heterocycles. The molecule has 0 saturated carbocycles. The van der Waals surface area contributed by atoms with Crippen molar-refractivity contribution in [2.75, 3.05) is 11.4 Å². The molecule has 3 aromatic rings. The minimum absolute atomic E-state index is 0.0146. The van der Waals surface area contributed by atoms with E-state index in [2.05, 4.69) is 37.4 Å². The maximum absolute atomic E-state index is 12.8. The van der Waals surface area contributed by atoms with Crippen LogP contribution in [0.5, 0.6) is 0 Å². The third-order valence-corrected chi connectivity index (χ3v) is 5.71. The zero-order chi connectivity index (χ0) is 20.5. The molecule has 1 N–H and O–H groups in total. The van der Waals surface area contributed by atoms with Crippen molar-refractivity contribution >= 4 is 28.3 Å². The summed E-state index contributed by atoms with van der Waals surface area (Å²) >= 11 is 0. The summed E-state index contributed by atoms with van der Waals surface area (Å²) in [6.07, 6.45) is 1.02. The Hall–Kier alpha value is -3.14. The first-order valence-electron chi connectivity index (χ1n) is 10.2. The summed E-state index contributed by atoms with van der Waals surface area (Å²) in [7, 11) is 0. The van der Waals surface area contributed by atoms with E-state index in [4.69, 9.17) is 0 Å². The molecule has 0 unspecified atom stereocenters. The van der Waals surface area contributed by atoms with Crippen molar-refractivity contribution in [1.82, 2.24) is 5.32 Å². The SMILES string of the molecule is Cc1ccc(C)c([C@H](C)NC(=O)CCCN2C(=O)c3cccc4cccc2c34)c1. The van der Waals surface area contributed by atoms with E-state index < -0.39 is 0 Å². The molecule has 0 aromatic heterocycles. The number of anilines is 1. The summed E-state index contributed by atoms with van der Waals surface area (Å²) in [5.74, 6) is 0.0433. The number of aryl methyl sites for hydroxylation is 2. The van der Waals surface area contributed by atoms with Crippen LogP contribution >= 0.6 is 0 Å². The van der Waals surface area contributed by atoms with Crippen molar-refractivity contribution in [3.63, 3.8) is 0 Å². The van der Waals surface area contributed by atoms with Crippen molar-refractivity contribution in [2.24, 2.45) is 0 Å². The Morgan fingerprint density at radius 2 is 1.83 bits per heavy atom. The monoisotopic (exact) mass is 386 g/mol. The Kier molecular flexibility index (Phi) is 5.10. The highest BCUT2D eigenvalue weighted by molar-refractivity contribution is 6.25. The van der Waals surface area contributed by atoms with Crippen LogP contribution in [-0.4, -0.2) is 18.4 Å². The number of hydrogen-bond acceptors (Lipinski definition) is 2.